The topological polar surface area (TPSA) is 52.6 Å². The van der Waals surface area contributed by atoms with Gasteiger partial charge >= 0.3 is 5.97 Å². The first-order valence-electron chi connectivity index (χ1n) is 6.73. The largest absolute Gasteiger partial charge is 0.494 e. The minimum absolute atomic E-state index is 0.131. The van der Waals surface area contributed by atoms with Gasteiger partial charge in [0.25, 0.3) is 0 Å². The molecule has 0 saturated heterocycles. The van der Waals surface area contributed by atoms with Crippen molar-refractivity contribution in [3.05, 3.63) is 29.6 Å². The summed E-state index contributed by atoms with van der Waals surface area (Å²) in [7, 11) is 1.53. The van der Waals surface area contributed by atoms with E-state index in [4.69, 9.17) is 4.74 Å². The summed E-state index contributed by atoms with van der Waals surface area (Å²) in [4.78, 5) is 11.3. The van der Waals surface area contributed by atoms with Crippen LogP contribution in [-0.2, 0) is 26.1 Å². The van der Waals surface area contributed by atoms with Gasteiger partial charge in [0.2, 0.25) is 0 Å². The fourth-order valence-corrected chi connectivity index (χ4v) is 4.06. The van der Waals surface area contributed by atoms with Gasteiger partial charge in [0.1, 0.15) is 0 Å². The molecule has 0 amide bonds. The van der Waals surface area contributed by atoms with E-state index in [0.29, 0.717) is 11.3 Å². The predicted octanol–water partition coefficient (Wildman–Crippen LogP) is 2.43. The Bertz CT molecular complexity index is 555. The van der Waals surface area contributed by atoms with Crippen molar-refractivity contribution in [2.75, 3.05) is 20.0 Å². The Kier molecular flexibility index (Phi) is 4.98. The van der Waals surface area contributed by atoms with Gasteiger partial charge in [-0.05, 0) is 24.3 Å². The lowest BCUT2D eigenvalue weighted by Gasteiger charge is -2.13. The Morgan fingerprint density at radius 1 is 1.38 bits per heavy atom. The van der Waals surface area contributed by atoms with Crippen LogP contribution in [0.4, 0.5) is 4.39 Å². The smallest absolute Gasteiger partial charge is 0.306 e. The van der Waals surface area contributed by atoms with Gasteiger partial charge in [-0.3, -0.25) is 9.00 Å². The van der Waals surface area contributed by atoms with Crippen LogP contribution in [0.3, 0.4) is 0 Å². The normalized spacial score (nSPS) is 17.1. The summed E-state index contributed by atoms with van der Waals surface area (Å²) in [5.41, 5.74) is 0.161. The molecule has 116 valence electrons. The van der Waals surface area contributed by atoms with E-state index >= 15 is 0 Å². The first-order chi connectivity index (χ1) is 9.99. The van der Waals surface area contributed by atoms with E-state index in [9.17, 15) is 13.4 Å². The minimum atomic E-state index is -1.22. The molecule has 4 nitrogen and oxygen atoms in total. The summed E-state index contributed by atoms with van der Waals surface area (Å²) in [5.74, 6) is -0.0616. The van der Waals surface area contributed by atoms with Gasteiger partial charge in [0, 0.05) is 22.1 Å². The van der Waals surface area contributed by atoms with Crippen molar-refractivity contribution >= 4 is 16.8 Å². The van der Waals surface area contributed by atoms with E-state index in [0.717, 1.165) is 12.8 Å². The summed E-state index contributed by atoms with van der Waals surface area (Å²) in [6, 6.07) is 4.81. The van der Waals surface area contributed by atoms with E-state index in [1.54, 1.807) is 12.1 Å². The second kappa shape index (κ2) is 6.56. The number of esters is 1. The van der Waals surface area contributed by atoms with Crippen LogP contribution in [0.15, 0.2) is 18.2 Å². The monoisotopic (exact) mass is 314 g/mol. The molecule has 1 saturated carbocycles. The maximum atomic E-state index is 14.0. The van der Waals surface area contributed by atoms with Crippen molar-refractivity contribution in [3.8, 4) is 5.75 Å². The summed E-state index contributed by atoms with van der Waals surface area (Å²) in [6.07, 6.45) is 2.03. The van der Waals surface area contributed by atoms with E-state index in [1.165, 1.54) is 20.3 Å². The lowest BCUT2D eigenvalue weighted by Crippen LogP contribution is -2.18. The van der Waals surface area contributed by atoms with Crippen molar-refractivity contribution in [2.24, 2.45) is 5.41 Å². The molecule has 0 radical (unpaired) electrons. The third-order valence-corrected chi connectivity index (χ3v) is 5.32. The van der Waals surface area contributed by atoms with Crippen LogP contribution in [0.2, 0.25) is 0 Å². The molecule has 0 aromatic heterocycles. The summed E-state index contributed by atoms with van der Waals surface area (Å²) in [5, 5.41) is 0. The summed E-state index contributed by atoms with van der Waals surface area (Å²) in [6.45, 7) is 0. The van der Waals surface area contributed by atoms with E-state index in [1.807, 2.05) is 0 Å². The average molecular weight is 314 g/mol. The first kappa shape index (κ1) is 15.9. The van der Waals surface area contributed by atoms with E-state index in [-0.39, 0.29) is 29.3 Å². The Labute approximate surface area is 126 Å². The van der Waals surface area contributed by atoms with Crippen LogP contribution in [0.5, 0.6) is 5.75 Å². The molecule has 21 heavy (non-hydrogen) atoms. The number of halogens is 1. The van der Waals surface area contributed by atoms with Crippen molar-refractivity contribution in [2.45, 2.75) is 25.0 Å². The van der Waals surface area contributed by atoms with Crippen LogP contribution in [0.1, 0.15) is 24.8 Å². The second-order valence-electron chi connectivity index (χ2n) is 5.41. The van der Waals surface area contributed by atoms with Crippen molar-refractivity contribution in [3.63, 3.8) is 0 Å². The number of methoxy groups -OCH3 is 2. The van der Waals surface area contributed by atoms with Crippen LogP contribution in [0.25, 0.3) is 0 Å². The van der Waals surface area contributed by atoms with Gasteiger partial charge < -0.3 is 9.47 Å². The standard InChI is InChI=1S/C15H19FO4S/c1-19-12-5-3-4-11(14(12)16)9-21(18)10-15(6-7-15)8-13(17)20-2/h3-5H,6-10H2,1-2H3. The number of ether oxygens (including phenoxy) is 2. The van der Waals surface area contributed by atoms with Crippen LogP contribution in [-0.4, -0.2) is 30.2 Å². The maximum absolute atomic E-state index is 14.0. The van der Waals surface area contributed by atoms with Crippen molar-refractivity contribution < 1.29 is 22.9 Å². The zero-order chi connectivity index (χ0) is 15.5. The van der Waals surface area contributed by atoms with Gasteiger partial charge in [-0.25, -0.2) is 4.39 Å². The van der Waals surface area contributed by atoms with Gasteiger partial charge in [-0.1, -0.05) is 12.1 Å². The average Bonchev–Trinajstić information content (AvgIpc) is 3.20. The van der Waals surface area contributed by atoms with E-state index in [2.05, 4.69) is 4.74 Å². The highest BCUT2D eigenvalue weighted by molar-refractivity contribution is 7.84. The number of rotatable bonds is 7. The lowest BCUT2D eigenvalue weighted by molar-refractivity contribution is -0.141. The zero-order valence-corrected chi connectivity index (χ0v) is 13.0. The summed E-state index contributed by atoms with van der Waals surface area (Å²) < 4.78 is 35.8. The Morgan fingerprint density at radius 3 is 2.67 bits per heavy atom. The number of hydrogen-bond acceptors (Lipinski definition) is 4. The molecule has 1 aromatic rings. The third-order valence-electron chi connectivity index (χ3n) is 3.75. The quantitative estimate of drug-likeness (QED) is 0.725. The Hall–Kier alpha value is -1.43. The number of hydrogen-bond donors (Lipinski definition) is 0. The highest BCUT2D eigenvalue weighted by Crippen LogP contribution is 2.49. The van der Waals surface area contributed by atoms with Gasteiger partial charge in [-0.2, -0.15) is 0 Å². The van der Waals surface area contributed by atoms with Gasteiger partial charge in [0.05, 0.1) is 26.4 Å². The van der Waals surface area contributed by atoms with Gasteiger partial charge in [0.15, 0.2) is 11.6 Å². The molecule has 1 fully saturated rings. The molecule has 0 spiro atoms. The zero-order valence-electron chi connectivity index (χ0n) is 12.2. The highest BCUT2D eigenvalue weighted by atomic mass is 32.2. The molecule has 0 aliphatic heterocycles. The molecule has 1 unspecified atom stereocenters. The molecule has 0 heterocycles. The molecule has 0 bridgehead atoms. The van der Waals surface area contributed by atoms with Crippen molar-refractivity contribution in [1.29, 1.82) is 0 Å². The molecule has 1 aromatic carbocycles. The minimum Gasteiger partial charge on any atom is -0.494 e. The molecule has 2 rings (SSSR count). The number of carbonyl (C=O) groups is 1. The molecule has 6 heteroatoms. The molecular formula is C15H19FO4S. The molecule has 1 aliphatic rings. The van der Waals surface area contributed by atoms with Gasteiger partial charge in [-0.15, -0.1) is 0 Å². The lowest BCUT2D eigenvalue weighted by atomic mass is 10.1. The third kappa shape index (κ3) is 4.03. The van der Waals surface area contributed by atoms with Crippen LogP contribution < -0.4 is 4.74 Å². The molecule has 1 aliphatic carbocycles. The first-order valence-corrected chi connectivity index (χ1v) is 8.22. The van der Waals surface area contributed by atoms with Crippen LogP contribution >= 0.6 is 0 Å². The van der Waals surface area contributed by atoms with Crippen LogP contribution in [0, 0.1) is 11.2 Å². The molecule has 1 atom stereocenters. The van der Waals surface area contributed by atoms with E-state index < -0.39 is 16.6 Å². The number of carbonyl (C=O) groups excluding carboxylic acids is 1. The fraction of sp³-hybridized carbons (Fsp3) is 0.533. The predicted molar refractivity (Wildman–Crippen MR) is 78.0 cm³/mol. The SMILES string of the molecule is COC(=O)CC1(CS(=O)Cc2cccc(OC)c2F)CC1. The Balaban J connectivity index is 1.98. The Morgan fingerprint density at radius 2 is 2.10 bits per heavy atom. The highest BCUT2D eigenvalue weighted by Gasteiger charge is 2.45. The summed E-state index contributed by atoms with van der Waals surface area (Å²) >= 11 is 0. The number of benzene rings is 1. The second-order valence-corrected chi connectivity index (χ2v) is 6.87. The fourth-order valence-electron chi connectivity index (χ4n) is 2.32. The molecule has 0 N–H and O–H groups in total. The van der Waals surface area contributed by atoms with Crippen molar-refractivity contribution in [1.82, 2.24) is 0 Å². The molecular weight excluding hydrogens is 295 g/mol. The maximum Gasteiger partial charge on any atom is 0.306 e.